The Hall–Kier alpha value is -1.42. The van der Waals surface area contributed by atoms with Gasteiger partial charge in [0.05, 0.1) is 5.69 Å². The average molecular weight is 215 g/mol. The van der Waals surface area contributed by atoms with Crippen molar-refractivity contribution in [1.82, 2.24) is 5.32 Å². The number of nitrogens with one attached hydrogen (secondary N) is 2. The average Bonchev–Trinajstić information content (AvgIpc) is 2.12. The fraction of sp³-hybridized carbons (Fsp3) is 0.222. The van der Waals surface area contributed by atoms with E-state index < -0.39 is 0 Å². The van der Waals surface area contributed by atoms with Gasteiger partial charge in [0.2, 0.25) is 0 Å². The summed E-state index contributed by atoms with van der Waals surface area (Å²) in [6, 6.07) is 4.07. The molecule has 0 aromatic heterocycles. The monoisotopic (exact) mass is 214 g/mol. The minimum atomic E-state index is -0.370. The Kier molecular flexibility index (Phi) is 3.59. The third-order valence-electron chi connectivity index (χ3n) is 1.54. The fourth-order valence-electron chi connectivity index (χ4n) is 0.935. The minimum Gasteiger partial charge on any atom is -0.506 e. The van der Waals surface area contributed by atoms with E-state index in [4.69, 9.17) is 11.6 Å². The zero-order chi connectivity index (χ0) is 10.6. The van der Waals surface area contributed by atoms with E-state index in [-0.39, 0.29) is 11.8 Å². The van der Waals surface area contributed by atoms with Crippen molar-refractivity contribution in [2.45, 2.75) is 6.92 Å². The highest BCUT2D eigenvalue weighted by atomic mass is 35.5. The van der Waals surface area contributed by atoms with Gasteiger partial charge < -0.3 is 15.7 Å². The SMILES string of the molecule is CCNC(=O)Nc1cc(Cl)ccc1O. The van der Waals surface area contributed by atoms with Crippen LogP contribution in [0.15, 0.2) is 18.2 Å². The number of halogens is 1. The zero-order valence-electron chi connectivity index (χ0n) is 7.67. The lowest BCUT2D eigenvalue weighted by molar-refractivity contribution is 0.252. The lowest BCUT2D eigenvalue weighted by atomic mass is 10.3. The van der Waals surface area contributed by atoms with Gasteiger partial charge in [0.1, 0.15) is 5.75 Å². The molecule has 0 heterocycles. The molecule has 0 unspecified atom stereocenters. The number of urea groups is 1. The molecule has 4 nitrogen and oxygen atoms in total. The molecule has 1 aromatic carbocycles. The highest BCUT2D eigenvalue weighted by Crippen LogP contribution is 2.26. The van der Waals surface area contributed by atoms with Gasteiger partial charge in [0.25, 0.3) is 0 Å². The fourth-order valence-corrected chi connectivity index (χ4v) is 1.11. The van der Waals surface area contributed by atoms with Gasteiger partial charge in [0.15, 0.2) is 0 Å². The quantitative estimate of drug-likeness (QED) is 0.661. The number of benzene rings is 1. The summed E-state index contributed by atoms with van der Waals surface area (Å²) >= 11 is 5.69. The van der Waals surface area contributed by atoms with Crippen LogP contribution in [-0.4, -0.2) is 17.7 Å². The number of hydrogen-bond donors (Lipinski definition) is 3. The molecule has 0 aliphatic carbocycles. The molecule has 0 spiro atoms. The smallest absolute Gasteiger partial charge is 0.319 e. The molecule has 0 aliphatic heterocycles. The van der Waals surface area contributed by atoms with E-state index in [1.54, 1.807) is 13.0 Å². The summed E-state index contributed by atoms with van der Waals surface area (Å²) in [5, 5.41) is 14.8. The molecule has 0 atom stereocenters. The number of hydrogen-bond acceptors (Lipinski definition) is 2. The van der Waals surface area contributed by atoms with Crippen LogP contribution in [0, 0.1) is 0 Å². The molecule has 5 heteroatoms. The summed E-state index contributed by atoms with van der Waals surface area (Å²) in [4.78, 5) is 11.1. The van der Waals surface area contributed by atoms with Crippen LogP contribution < -0.4 is 10.6 Å². The highest BCUT2D eigenvalue weighted by Gasteiger charge is 2.05. The molecule has 14 heavy (non-hydrogen) atoms. The number of phenols is 1. The van der Waals surface area contributed by atoms with Crippen molar-refractivity contribution < 1.29 is 9.90 Å². The topological polar surface area (TPSA) is 61.4 Å². The third-order valence-corrected chi connectivity index (χ3v) is 1.78. The molecule has 2 amide bonds. The van der Waals surface area contributed by atoms with Crippen molar-refractivity contribution in [3.05, 3.63) is 23.2 Å². The Morgan fingerprint density at radius 2 is 2.29 bits per heavy atom. The van der Waals surface area contributed by atoms with Crippen molar-refractivity contribution in [3.63, 3.8) is 0 Å². The number of aromatic hydroxyl groups is 1. The van der Waals surface area contributed by atoms with Crippen molar-refractivity contribution in [1.29, 1.82) is 0 Å². The highest BCUT2D eigenvalue weighted by molar-refractivity contribution is 6.31. The summed E-state index contributed by atoms with van der Waals surface area (Å²) in [6.45, 7) is 2.32. The summed E-state index contributed by atoms with van der Waals surface area (Å²) in [6.07, 6.45) is 0. The Balaban J connectivity index is 2.75. The first-order valence-corrected chi connectivity index (χ1v) is 4.54. The molecular weight excluding hydrogens is 204 g/mol. The van der Waals surface area contributed by atoms with Crippen LogP contribution in [0.25, 0.3) is 0 Å². The van der Waals surface area contributed by atoms with Crippen molar-refractivity contribution in [3.8, 4) is 5.75 Å². The molecule has 0 saturated heterocycles. The van der Waals surface area contributed by atoms with Crippen molar-refractivity contribution >= 4 is 23.3 Å². The second-order valence-corrected chi connectivity index (χ2v) is 3.08. The molecule has 76 valence electrons. The number of rotatable bonds is 2. The van der Waals surface area contributed by atoms with E-state index in [0.29, 0.717) is 17.3 Å². The predicted octanol–water partition coefficient (Wildman–Crippen LogP) is 2.19. The minimum absolute atomic E-state index is 0.0133. The van der Waals surface area contributed by atoms with Crippen LogP contribution in [0.4, 0.5) is 10.5 Å². The van der Waals surface area contributed by atoms with Gasteiger partial charge in [-0.25, -0.2) is 4.79 Å². The van der Waals surface area contributed by atoms with Crippen LogP contribution in [-0.2, 0) is 0 Å². The standard InChI is InChI=1S/C9H11ClN2O2/c1-2-11-9(14)12-7-5-6(10)3-4-8(7)13/h3-5,13H,2H2,1H3,(H2,11,12,14). The first-order chi connectivity index (χ1) is 6.63. The predicted molar refractivity (Wildman–Crippen MR) is 55.8 cm³/mol. The van der Waals surface area contributed by atoms with Gasteiger partial charge in [-0.2, -0.15) is 0 Å². The summed E-state index contributed by atoms with van der Waals surface area (Å²) in [5.41, 5.74) is 0.295. The van der Waals surface area contributed by atoms with Crippen molar-refractivity contribution in [2.24, 2.45) is 0 Å². The lowest BCUT2D eigenvalue weighted by Crippen LogP contribution is -2.28. The maximum atomic E-state index is 11.1. The zero-order valence-corrected chi connectivity index (χ0v) is 8.43. The summed E-state index contributed by atoms with van der Waals surface area (Å²) < 4.78 is 0. The molecular formula is C9H11ClN2O2. The Bertz CT molecular complexity index is 342. The largest absolute Gasteiger partial charge is 0.506 e. The van der Waals surface area contributed by atoms with Gasteiger partial charge in [-0.05, 0) is 25.1 Å². The van der Waals surface area contributed by atoms with E-state index in [9.17, 15) is 9.90 Å². The molecule has 1 rings (SSSR count). The van der Waals surface area contributed by atoms with Crippen LogP contribution in [0.5, 0.6) is 5.75 Å². The third kappa shape index (κ3) is 2.81. The van der Waals surface area contributed by atoms with E-state index in [0.717, 1.165) is 0 Å². The van der Waals surface area contributed by atoms with Gasteiger partial charge in [-0.3, -0.25) is 0 Å². The Morgan fingerprint density at radius 3 is 2.93 bits per heavy atom. The van der Waals surface area contributed by atoms with Gasteiger partial charge >= 0.3 is 6.03 Å². The normalized spacial score (nSPS) is 9.57. The second kappa shape index (κ2) is 4.72. The summed E-state index contributed by atoms with van der Waals surface area (Å²) in [5.74, 6) is -0.0133. The molecule has 0 fully saturated rings. The number of anilines is 1. The van der Waals surface area contributed by atoms with Crippen LogP contribution in [0.2, 0.25) is 5.02 Å². The molecule has 0 bridgehead atoms. The van der Waals surface area contributed by atoms with E-state index in [1.165, 1.54) is 12.1 Å². The van der Waals surface area contributed by atoms with E-state index >= 15 is 0 Å². The first-order valence-electron chi connectivity index (χ1n) is 4.17. The number of amides is 2. The first kappa shape index (κ1) is 10.7. The van der Waals surface area contributed by atoms with Crippen LogP contribution >= 0.6 is 11.6 Å². The number of carbonyl (C=O) groups is 1. The van der Waals surface area contributed by atoms with E-state index in [2.05, 4.69) is 10.6 Å². The van der Waals surface area contributed by atoms with E-state index in [1.807, 2.05) is 0 Å². The molecule has 1 aromatic rings. The van der Waals surface area contributed by atoms with Gasteiger partial charge in [-0.15, -0.1) is 0 Å². The van der Waals surface area contributed by atoms with Gasteiger partial charge in [0, 0.05) is 11.6 Å². The molecule has 3 N–H and O–H groups in total. The summed E-state index contributed by atoms with van der Waals surface area (Å²) in [7, 11) is 0. The second-order valence-electron chi connectivity index (χ2n) is 2.65. The number of carbonyl (C=O) groups excluding carboxylic acids is 1. The maximum absolute atomic E-state index is 11.1. The lowest BCUT2D eigenvalue weighted by Gasteiger charge is -2.07. The molecule has 0 saturated carbocycles. The number of phenolic OH excluding ortho intramolecular Hbond substituents is 1. The van der Waals surface area contributed by atoms with Crippen LogP contribution in [0.1, 0.15) is 6.92 Å². The Labute approximate surface area is 86.9 Å². The molecule has 0 radical (unpaired) electrons. The molecule has 0 aliphatic rings. The van der Waals surface area contributed by atoms with Crippen LogP contribution in [0.3, 0.4) is 0 Å². The van der Waals surface area contributed by atoms with Gasteiger partial charge in [-0.1, -0.05) is 11.6 Å². The Morgan fingerprint density at radius 1 is 1.57 bits per heavy atom. The van der Waals surface area contributed by atoms with Crippen molar-refractivity contribution in [2.75, 3.05) is 11.9 Å². The maximum Gasteiger partial charge on any atom is 0.319 e.